The highest BCUT2D eigenvalue weighted by Gasteiger charge is 2.13. The summed E-state index contributed by atoms with van der Waals surface area (Å²) < 4.78 is 13.7. The lowest BCUT2D eigenvalue weighted by Crippen LogP contribution is -1.96. The zero-order valence-corrected chi connectivity index (χ0v) is 12.0. The third-order valence-electron chi connectivity index (χ3n) is 3.16. The molecule has 2 aromatic rings. The lowest BCUT2D eigenvalue weighted by Gasteiger charge is -2.03. The van der Waals surface area contributed by atoms with Crippen LogP contribution in [0.3, 0.4) is 0 Å². The van der Waals surface area contributed by atoms with Crippen molar-refractivity contribution in [1.29, 1.82) is 0 Å². The topological polar surface area (TPSA) is 45.8 Å². The summed E-state index contributed by atoms with van der Waals surface area (Å²) in [5, 5.41) is 0.365. The first-order valence-electron chi connectivity index (χ1n) is 6.61. The van der Waals surface area contributed by atoms with Crippen molar-refractivity contribution in [2.24, 2.45) is 0 Å². The van der Waals surface area contributed by atoms with Crippen LogP contribution in [0.4, 0.5) is 4.39 Å². The van der Waals surface area contributed by atoms with Crippen LogP contribution in [0.25, 0.3) is 0 Å². The molecular weight excluding hydrogens is 279 g/mol. The second kappa shape index (κ2) is 6.66. The van der Waals surface area contributed by atoms with Gasteiger partial charge in [0, 0.05) is 22.7 Å². The van der Waals surface area contributed by atoms with E-state index < -0.39 is 0 Å². The number of aromatic nitrogens is 2. The predicted molar refractivity (Wildman–Crippen MR) is 76.8 cm³/mol. The molecule has 0 aliphatic heterocycles. The molecule has 0 atom stereocenters. The average molecular weight is 295 g/mol. The number of aldehydes is 1. The van der Waals surface area contributed by atoms with Gasteiger partial charge in [-0.05, 0) is 25.0 Å². The van der Waals surface area contributed by atoms with Gasteiger partial charge in [-0.1, -0.05) is 31.0 Å². The smallest absolute Gasteiger partial charge is 0.170 e. The zero-order chi connectivity index (χ0) is 14.5. The summed E-state index contributed by atoms with van der Waals surface area (Å²) in [5.41, 5.74) is 1.60. The Hall–Kier alpha value is -1.68. The van der Waals surface area contributed by atoms with Gasteiger partial charge in [0.25, 0.3) is 0 Å². The second-order valence-corrected chi connectivity index (χ2v) is 5.05. The minimum Gasteiger partial charge on any atom is -0.345 e. The molecule has 5 heteroatoms. The van der Waals surface area contributed by atoms with Crippen LogP contribution < -0.4 is 0 Å². The Bertz CT molecular complexity index is 590. The Balaban J connectivity index is 2.25. The van der Waals surface area contributed by atoms with Gasteiger partial charge in [-0.25, -0.2) is 9.37 Å². The van der Waals surface area contributed by atoms with Crippen LogP contribution in [-0.2, 0) is 12.8 Å². The molecule has 106 valence electrons. The normalized spacial score (nSPS) is 10.8. The molecule has 0 bridgehead atoms. The number of rotatable bonds is 6. The van der Waals surface area contributed by atoms with E-state index in [-0.39, 0.29) is 12.2 Å². The Labute approximate surface area is 122 Å². The number of aryl methyl sites for hydroxylation is 1. The first-order chi connectivity index (χ1) is 9.65. The summed E-state index contributed by atoms with van der Waals surface area (Å²) >= 11 is 5.99. The lowest BCUT2D eigenvalue weighted by atomic mass is 10.1. The van der Waals surface area contributed by atoms with Crippen molar-refractivity contribution in [2.45, 2.75) is 32.6 Å². The fourth-order valence-electron chi connectivity index (χ4n) is 2.07. The summed E-state index contributed by atoms with van der Waals surface area (Å²) in [7, 11) is 0. The van der Waals surface area contributed by atoms with Crippen LogP contribution in [0, 0.1) is 5.82 Å². The second-order valence-electron chi connectivity index (χ2n) is 4.65. The fraction of sp³-hybridized carbons (Fsp3) is 0.333. The molecule has 1 aromatic heterocycles. The maximum atomic E-state index is 13.7. The van der Waals surface area contributed by atoms with E-state index in [2.05, 4.69) is 16.9 Å². The summed E-state index contributed by atoms with van der Waals surface area (Å²) in [6, 6.07) is 4.57. The van der Waals surface area contributed by atoms with Gasteiger partial charge in [0.15, 0.2) is 6.29 Å². The molecule has 0 saturated heterocycles. The van der Waals surface area contributed by atoms with E-state index in [1.54, 1.807) is 12.1 Å². The Morgan fingerprint density at radius 2 is 2.25 bits per heavy atom. The average Bonchev–Trinajstić information content (AvgIpc) is 2.83. The van der Waals surface area contributed by atoms with Crippen LogP contribution in [0.5, 0.6) is 0 Å². The van der Waals surface area contributed by atoms with E-state index in [1.165, 1.54) is 6.07 Å². The number of nitrogens with one attached hydrogen (secondary N) is 1. The summed E-state index contributed by atoms with van der Waals surface area (Å²) in [6.07, 6.45) is 3.75. The molecule has 20 heavy (non-hydrogen) atoms. The number of hydrogen-bond acceptors (Lipinski definition) is 2. The molecule has 3 nitrogen and oxygen atoms in total. The van der Waals surface area contributed by atoms with E-state index in [4.69, 9.17) is 11.6 Å². The van der Waals surface area contributed by atoms with Gasteiger partial charge in [0.2, 0.25) is 0 Å². The van der Waals surface area contributed by atoms with Gasteiger partial charge in [-0.2, -0.15) is 0 Å². The van der Waals surface area contributed by atoms with E-state index in [0.29, 0.717) is 22.1 Å². The van der Waals surface area contributed by atoms with Crippen molar-refractivity contribution in [3.05, 3.63) is 51.8 Å². The van der Waals surface area contributed by atoms with Crippen LogP contribution in [0.15, 0.2) is 18.2 Å². The van der Waals surface area contributed by atoms with Crippen LogP contribution in [0.2, 0.25) is 5.02 Å². The Morgan fingerprint density at radius 1 is 1.45 bits per heavy atom. The van der Waals surface area contributed by atoms with E-state index >= 15 is 0 Å². The van der Waals surface area contributed by atoms with Gasteiger partial charge in [-0.15, -0.1) is 0 Å². The maximum absolute atomic E-state index is 13.7. The van der Waals surface area contributed by atoms with Crippen molar-refractivity contribution in [1.82, 2.24) is 9.97 Å². The molecule has 1 heterocycles. The first kappa shape index (κ1) is 14.7. The third kappa shape index (κ3) is 3.25. The number of carbonyl (C=O) groups excluding carboxylic acids is 1. The highest BCUT2D eigenvalue weighted by atomic mass is 35.5. The molecule has 0 fully saturated rings. The van der Waals surface area contributed by atoms with E-state index in [9.17, 15) is 9.18 Å². The molecule has 0 aliphatic rings. The van der Waals surface area contributed by atoms with E-state index in [0.717, 1.165) is 31.2 Å². The summed E-state index contributed by atoms with van der Waals surface area (Å²) in [4.78, 5) is 18.3. The Kier molecular flexibility index (Phi) is 4.90. The molecule has 0 saturated carbocycles. The largest absolute Gasteiger partial charge is 0.345 e. The van der Waals surface area contributed by atoms with Crippen molar-refractivity contribution in [3.63, 3.8) is 0 Å². The molecule has 1 N–H and O–H groups in total. The number of hydrogen-bond donors (Lipinski definition) is 1. The van der Waals surface area contributed by atoms with Gasteiger partial charge < -0.3 is 4.98 Å². The molecule has 0 radical (unpaired) electrons. The number of H-pyrrole nitrogens is 1. The molecule has 0 spiro atoms. The summed E-state index contributed by atoms with van der Waals surface area (Å²) in [6.45, 7) is 2.08. The molecule has 0 amide bonds. The van der Waals surface area contributed by atoms with Crippen LogP contribution >= 0.6 is 11.6 Å². The van der Waals surface area contributed by atoms with Crippen molar-refractivity contribution in [2.75, 3.05) is 0 Å². The highest BCUT2D eigenvalue weighted by molar-refractivity contribution is 6.31. The number of aromatic amines is 1. The quantitative estimate of drug-likeness (QED) is 0.820. The predicted octanol–water partition coefficient (Wildman–Crippen LogP) is 3.95. The number of imidazole rings is 1. The molecule has 1 aromatic carbocycles. The zero-order valence-electron chi connectivity index (χ0n) is 11.2. The SMILES string of the molecule is CCCCc1[nH]c(Cc2c(F)cccc2Cl)nc1C=O. The van der Waals surface area contributed by atoms with E-state index in [1.807, 2.05) is 0 Å². The summed E-state index contributed by atoms with van der Waals surface area (Å²) in [5.74, 6) is 0.196. The van der Waals surface area contributed by atoms with Gasteiger partial charge >= 0.3 is 0 Å². The van der Waals surface area contributed by atoms with Crippen LogP contribution in [0.1, 0.15) is 47.3 Å². The molecule has 2 rings (SSSR count). The maximum Gasteiger partial charge on any atom is 0.170 e. The molecule has 0 aliphatic carbocycles. The van der Waals surface area contributed by atoms with Crippen molar-refractivity contribution >= 4 is 17.9 Å². The molecular formula is C15H16ClFN2O. The first-order valence-corrected chi connectivity index (χ1v) is 6.99. The Morgan fingerprint density at radius 3 is 2.90 bits per heavy atom. The standard InChI is InChI=1S/C15H16ClFN2O/c1-2-3-7-13-14(9-20)19-15(18-13)8-10-11(16)5-4-6-12(10)17/h4-6,9H,2-3,7-8H2,1H3,(H,18,19). The highest BCUT2D eigenvalue weighted by Crippen LogP contribution is 2.22. The number of unbranched alkanes of at least 4 members (excludes halogenated alkanes) is 1. The number of halogens is 2. The van der Waals surface area contributed by atoms with Crippen molar-refractivity contribution in [3.8, 4) is 0 Å². The minimum absolute atomic E-state index is 0.248. The monoisotopic (exact) mass is 294 g/mol. The lowest BCUT2D eigenvalue weighted by molar-refractivity contribution is 0.111. The number of nitrogens with zero attached hydrogens (tertiary/aromatic N) is 1. The van der Waals surface area contributed by atoms with Gasteiger partial charge in [-0.3, -0.25) is 4.79 Å². The fourth-order valence-corrected chi connectivity index (χ4v) is 2.30. The van der Waals surface area contributed by atoms with Crippen LogP contribution in [-0.4, -0.2) is 16.3 Å². The third-order valence-corrected chi connectivity index (χ3v) is 3.51. The number of carbonyl (C=O) groups is 1. The van der Waals surface area contributed by atoms with Gasteiger partial charge in [0.1, 0.15) is 17.3 Å². The minimum atomic E-state index is -0.364. The van der Waals surface area contributed by atoms with Gasteiger partial charge in [0.05, 0.1) is 0 Å². The van der Waals surface area contributed by atoms with Crippen molar-refractivity contribution < 1.29 is 9.18 Å². The molecule has 0 unspecified atom stereocenters. The number of benzene rings is 1.